The van der Waals surface area contributed by atoms with Gasteiger partial charge in [0.2, 0.25) is 11.8 Å². The third kappa shape index (κ3) is 4.17. The van der Waals surface area contributed by atoms with Crippen LogP contribution in [0.15, 0.2) is 42.5 Å². The van der Waals surface area contributed by atoms with Crippen LogP contribution in [0.5, 0.6) is 5.75 Å². The summed E-state index contributed by atoms with van der Waals surface area (Å²) in [5.74, 6) is -0.800. The van der Waals surface area contributed by atoms with Gasteiger partial charge in [-0.2, -0.15) is 13.2 Å². The number of hydrogen-bond donors (Lipinski definition) is 1. The van der Waals surface area contributed by atoms with E-state index in [1.165, 1.54) is 12.1 Å². The number of nitrogens with one attached hydrogen (secondary N) is 1. The van der Waals surface area contributed by atoms with Gasteiger partial charge in [-0.25, -0.2) is 0 Å². The van der Waals surface area contributed by atoms with E-state index >= 15 is 0 Å². The molecule has 0 aliphatic carbocycles. The van der Waals surface area contributed by atoms with E-state index in [-0.39, 0.29) is 17.9 Å². The number of methoxy groups -OCH3 is 1. The Morgan fingerprint density at radius 1 is 1.19 bits per heavy atom. The SMILES string of the molecule is COc1ccc2c(c1)CCCN2CC(=O)N1c2ccccc2NC(=O)CC1C(F)(F)F. The standard InChI is InChI=1S/C22H22F3N3O3/c1-31-15-8-9-17-14(11-15)5-4-10-27(17)13-21(30)28-18-7-3-2-6-16(18)26-20(29)12-19(28)22(23,24)25/h2-3,6-9,11,19H,4-5,10,12-13H2,1H3,(H,26,29). The summed E-state index contributed by atoms with van der Waals surface area (Å²) < 4.78 is 46.9. The smallest absolute Gasteiger partial charge is 0.409 e. The average molecular weight is 433 g/mol. The van der Waals surface area contributed by atoms with E-state index in [9.17, 15) is 22.8 Å². The van der Waals surface area contributed by atoms with E-state index in [1.54, 1.807) is 30.2 Å². The summed E-state index contributed by atoms with van der Waals surface area (Å²) in [4.78, 5) is 27.9. The maximum Gasteiger partial charge on any atom is 0.409 e. The fraction of sp³-hybridized carbons (Fsp3) is 0.364. The first-order chi connectivity index (χ1) is 14.8. The normalized spacial score (nSPS) is 18.6. The van der Waals surface area contributed by atoms with Gasteiger partial charge in [-0.1, -0.05) is 12.1 Å². The largest absolute Gasteiger partial charge is 0.497 e. The van der Waals surface area contributed by atoms with Crippen LogP contribution in [-0.4, -0.2) is 44.2 Å². The molecule has 0 spiro atoms. The molecule has 2 amide bonds. The van der Waals surface area contributed by atoms with Gasteiger partial charge >= 0.3 is 6.18 Å². The van der Waals surface area contributed by atoms with E-state index in [0.29, 0.717) is 12.3 Å². The van der Waals surface area contributed by atoms with E-state index in [4.69, 9.17) is 4.74 Å². The Labute approximate surface area is 177 Å². The molecule has 6 nitrogen and oxygen atoms in total. The number of alkyl halides is 3. The van der Waals surface area contributed by atoms with Crippen molar-refractivity contribution >= 4 is 28.9 Å². The van der Waals surface area contributed by atoms with Gasteiger partial charge in [0.15, 0.2) is 0 Å². The van der Waals surface area contributed by atoms with Crippen molar-refractivity contribution < 1.29 is 27.5 Å². The number of hydrogen-bond acceptors (Lipinski definition) is 4. The molecule has 0 fully saturated rings. The van der Waals surface area contributed by atoms with Gasteiger partial charge in [-0.3, -0.25) is 14.5 Å². The van der Waals surface area contributed by atoms with Crippen LogP contribution in [0.1, 0.15) is 18.4 Å². The molecule has 1 unspecified atom stereocenters. The number of ether oxygens (including phenoxy) is 1. The Morgan fingerprint density at radius 3 is 2.71 bits per heavy atom. The fourth-order valence-corrected chi connectivity index (χ4v) is 4.18. The molecular weight excluding hydrogens is 411 g/mol. The van der Waals surface area contributed by atoms with Gasteiger partial charge in [-0.15, -0.1) is 0 Å². The number of rotatable bonds is 3. The predicted octanol–water partition coefficient (Wildman–Crippen LogP) is 3.75. The molecule has 164 valence electrons. The number of amides is 2. The molecule has 9 heteroatoms. The lowest BCUT2D eigenvalue weighted by Crippen LogP contribution is -2.53. The highest BCUT2D eigenvalue weighted by Crippen LogP contribution is 2.38. The number of aryl methyl sites for hydroxylation is 1. The van der Waals surface area contributed by atoms with Gasteiger partial charge in [0.25, 0.3) is 0 Å². The van der Waals surface area contributed by atoms with Gasteiger partial charge in [-0.05, 0) is 48.7 Å². The summed E-state index contributed by atoms with van der Waals surface area (Å²) in [6, 6.07) is 9.31. The molecule has 0 aromatic heterocycles. The molecule has 2 aromatic rings. The molecule has 0 bridgehead atoms. The van der Waals surface area contributed by atoms with Crippen LogP contribution in [0.25, 0.3) is 0 Å². The molecular formula is C22H22F3N3O3. The van der Waals surface area contributed by atoms with Crippen molar-refractivity contribution in [1.29, 1.82) is 0 Å². The molecule has 0 saturated carbocycles. The molecule has 2 aliphatic heterocycles. The second kappa shape index (κ2) is 8.13. The third-order valence-corrected chi connectivity index (χ3v) is 5.60. The first-order valence-corrected chi connectivity index (χ1v) is 9.97. The third-order valence-electron chi connectivity index (χ3n) is 5.60. The van der Waals surface area contributed by atoms with Gasteiger partial charge in [0.1, 0.15) is 11.8 Å². The summed E-state index contributed by atoms with van der Waals surface area (Å²) in [6.07, 6.45) is -4.03. The summed E-state index contributed by atoms with van der Waals surface area (Å²) in [6.45, 7) is 0.322. The van der Waals surface area contributed by atoms with Crippen molar-refractivity contribution in [2.75, 3.05) is 35.3 Å². The topological polar surface area (TPSA) is 61.9 Å². The highest BCUT2D eigenvalue weighted by molar-refractivity contribution is 6.05. The summed E-state index contributed by atoms with van der Waals surface area (Å²) in [7, 11) is 1.56. The highest BCUT2D eigenvalue weighted by Gasteiger charge is 2.49. The van der Waals surface area contributed by atoms with Crippen LogP contribution in [0.4, 0.5) is 30.2 Å². The van der Waals surface area contributed by atoms with Crippen molar-refractivity contribution in [3.05, 3.63) is 48.0 Å². The maximum atomic E-state index is 13.9. The quantitative estimate of drug-likeness (QED) is 0.801. The summed E-state index contributed by atoms with van der Waals surface area (Å²) >= 11 is 0. The van der Waals surface area contributed by atoms with Crippen molar-refractivity contribution in [2.24, 2.45) is 0 Å². The minimum Gasteiger partial charge on any atom is -0.497 e. The Hall–Kier alpha value is -3.23. The first-order valence-electron chi connectivity index (χ1n) is 9.97. The van der Waals surface area contributed by atoms with Crippen LogP contribution in [0.3, 0.4) is 0 Å². The number of benzene rings is 2. The number of nitrogens with zero attached hydrogens (tertiary/aromatic N) is 2. The van der Waals surface area contributed by atoms with Crippen molar-refractivity contribution in [2.45, 2.75) is 31.5 Å². The van der Waals surface area contributed by atoms with Crippen LogP contribution in [-0.2, 0) is 16.0 Å². The molecule has 4 rings (SSSR count). The zero-order valence-corrected chi connectivity index (χ0v) is 16.9. The minimum absolute atomic E-state index is 0.0487. The monoisotopic (exact) mass is 433 g/mol. The highest BCUT2D eigenvalue weighted by atomic mass is 19.4. The zero-order chi connectivity index (χ0) is 22.2. The predicted molar refractivity (Wildman–Crippen MR) is 111 cm³/mol. The van der Waals surface area contributed by atoms with E-state index in [1.807, 2.05) is 12.1 Å². The van der Waals surface area contributed by atoms with Crippen LogP contribution < -0.4 is 19.9 Å². The average Bonchev–Trinajstić information content (AvgIpc) is 2.89. The lowest BCUT2D eigenvalue weighted by Gasteiger charge is -2.36. The number of carbonyl (C=O) groups excluding carboxylic acids is 2. The van der Waals surface area contributed by atoms with Crippen LogP contribution in [0, 0.1) is 0 Å². The number of anilines is 3. The molecule has 31 heavy (non-hydrogen) atoms. The molecule has 1 N–H and O–H groups in total. The van der Waals surface area contributed by atoms with E-state index in [0.717, 1.165) is 29.0 Å². The lowest BCUT2D eigenvalue weighted by atomic mass is 10.0. The molecule has 2 aliphatic rings. The Kier molecular flexibility index (Phi) is 5.51. The van der Waals surface area contributed by atoms with E-state index < -0.39 is 30.5 Å². The van der Waals surface area contributed by atoms with Crippen LogP contribution >= 0.6 is 0 Å². The number of carbonyl (C=O) groups is 2. The molecule has 2 aromatic carbocycles. The molecule has 1 atom stereocenters. The van der Waals surface area contributed by atoms with Crippen molar-refractivity contribution in [3.63, 3.8) is 0 Å². The molecule has 0 radical (unpaired) electrons. The van der Waals surface area contributed by atoms with Crippen molar-refractivity contribution in [3.8, 4) is 5.75 Å². The molecule has 0 saturated heterocycles. The summed E-state index contributed by atoms with van der Waals surface area (Å²) in [5.41, 5.74) is 2.03. The zero-order valence-electron chi connectivity index (χ0n) is 16.9. The van der Waals surface area contributed by atoms with Crippen LogP contribution in [0.2, 0.25) is 0 Å². The first kappa shape index (κ1) is 21.0. The van der Waals surface area contributed by atoms with Gasteiger partial charge in [0.05, 0.1) is 31.5 Å². The maximum absolute atomic E-state index is 13.9. The second-order valence-corrected chi connectivity index (χ2v) is 7.61. The van der Waals surface area contributed by atoms with Gasteiger partial charge in [0, 0.05) is 12.2 Å². The van der Waals surface area contributed by atoms with Crippen molar-refractivity contribution in [1.82, 2.24) is 0 Å². The fourth-order valence-electron chi connectivity index (χ4n) is 4.18. The summed E-state index contributed by atoms with van der Waals surface area (Å²) in [5, 5.41) is 2.48. The number of para-hydroxylation sites is 2. The van der Waals surface area contributed by atoms with Gasteiger partial charge < -0.3 is 15.0 Å². The Bertz CT molecular complexity index is 1010. The Balaban J connectivity index is 1.69. The number of halogens is 3. The number of fused-ring (bicyclic) bond motifs is 2. The minimum atomic E-state index is -4.75. The second-order valence-electron chi connectivity index (χ2n) is 7.61. The Morgan fingerprint density at radius 2 is 1.97 bits per heavy atom. The lowest BCUT2D eigenvalue weighted by molar-refractivity contribution is -0.157. The van der Waals surface area contributed by atoms with E-state index in [2.05, 4.69) is 5.32 Å². The molecule has 2 heterocycles.